The van der Waals surface area contributed by atoms with Gasteiger partial charge in [-0.1, -0.05) is 37.3 Å². The highest BCUT2D eigenvalue weighted by Crippen LogP contribution is 2.20. The summed E-state index contributed by atoms with van der Waals surface area (Å²) < 4.78 is 1.19. The second kappa shape index (κ2) is 5.48. The predicted molar refractivity (Wildman–Crippen MR) is 71.2 cm³/mol. The molecule has 0 amide bonds. The van der Waals surface area contributed by atoms with Crippen molar-refractivity contribution < 1.29 is 9.90 Å². The Bertz CT molecular complexity index is 647. The van der Waals surface area contributed by atoms with Crippen LogP contribution in [-0.2, 0) is 6.54 Å². The number of aromatic carboxylic acids is 1. The lowest BCUT2D eigenvalue weighted by atomic mass is 10.0. The van der Waals surface area contributed by atoms with Crippen LogP contribution in [0.5, 0.6) is 0 Å². The van der Waals surface area contributed by atoms with E-state index in [9.17, 15) is 14.7 Å². The highest BCUT2D eigenvalue weighted by Gasteiger charge is 2.18. The third kappa shape index (κ3) is 2.54. The second-order valence-corrected chi connectivity index (χ2v) is 4.13. The lowest BCUT2D eigenvalue weighted by Gasteiger charge is -2.08. The Morgan fingerprint density at radius 3 is 2.58 bits per heavy atom. The first-order valence-corrected chi connectivity index (χ1v) is 6.04. The summed E-state index contributed by atoms with van der Waals surface area (Å²) in [4.78, 5) is 23.4. The van der Waals surface area contributed by atoms with Crippen molar-refractivity contribution in [1.29, 1.82) is 0 Å². The monoisotopic (exact) mass is 258 g/mol. The molecule has 1 heterocycles. The SMILES string of the molecule is CCCn1ncc(-c2ccccc2)c(C(=O)O)c1=O. The minimum absolute atomic E-state index is 0.227. The summed E-state index contributed by atoms with van der Waals surface area (Å²) in [6, 6.07) is 8.92. The molecule has 2 aromatic rings. The summed E-state index contributed by atoms with van der Waals surface area (Å²) in [7, 11) is 0. The average molecular weight is 258 g/mol. The molecule has 1 aromatic carbocycles. The van der Waals surface area contributed by atoms with E-state index in [1.807, 2.05) is 13.0 Å². The number of rotatable bonds is 4. The van der Waals surface area contributed by atoms with Gasteiger partial charge in [-0.05, 0) is 12.0 Å². The maximum absolute atomic E-state index is 12.1. The maximum atomic E-state index is 12.1. The van der Waals surface area contributed by atoms with Crippen LogP contribution in [0.25, 0.3) is 11.1 Å². The van der Waals surface area contributed by atoms with Crippen LogP contribution < -0.4 is 5.56 Å². The van der Waals surface area contributed by atoms with Crippen LogP contribution in [-0.4, -0.2) is 20.9 Å². The molecule has 0 atom stereocenters. The van der Waals surface area contributed by atoms with Gasteiger partial charge in [-0.15, -0.1) is 0 Å². The summed E-state index contributed by atoms with van der Waals surface area (Å²) >= 11 is 0. The van der Waals surface area contributed by atoms with Gasteiger partial charge in [0.2, 0.25) is 0 Å². The molecule has 19 heavy (non-hydrogen) atoms. The number of carboxylic acid groups (broad SMARTS) is 1. The molecule has 1 N–H and O–H groups in total. The molecule has 5 heteroatoms. The number of hydrogen-bond donors (Lipinski definition) is 1. The number of aromatic nitrogens is 2. The van der Waals surface area contributed by atoms with Crippen LogP contribution in [0.15, 0.2) is 41.3 Å². The molecule has 0 aliphatic heterocycles. The van der Waals surface area contributed by atoms with Gasteiger partial charge in [0.05, 0.1) is 6.20 Å². The molecular formula is C14H14N2O3. The van der Waals surface area contributed by atoms with Gasteiger partial charge >= 0.3 is 5.97 Å². The lowest BCUT2D eigenvalue weighted by molar-refractivity contribution is 0.0694. The van der Waals surface area contributed by atoms with E-state index in [2.05, 4.69) is 5.10 Å². The zero-order chi connectivity index (χ0) is 13.8. The minimum Gasteiger partial charge on any atom is -0.477 e. The van der Waals surface area contributed by atoms with Crippen LogP contribution in [0.4, 0.5) is 0 Å². The Morgan fingerprint density at radius 2 is 2.00 bits per heavy atom. The molecule has 0 bridgehead atoms. The van der Waals surface area contributed by atoms with E-state index in [1.165, 1.54) is 10.9 Å². The van der Waals surface area contributed by atoms with Crippen LogP contribution in [0.3, 0.4) is 0 Å². The smallest absolute Gasteiger partial charge is 0.342 e. The predicted octanol–water partition coefficient (Wildman–Crippen LogP) is 2.02. The van der Waals surface area contributed by atoms with Crippen molar-refractivity contribution in [1.82, 2.24) is 9.78 Å². The molecule has 0 saturated heterocycles. The third-order valence-corrected chi connectivity index (χ3v) is 2.78. The van der Waals surface area contributed by atoms with Crippen molar-refractivity contribution in [2.75, 3.05) is 0 Å². The Kier molecular flexibility index (Phi) is 3.75. The fraction of sp³-hybridized carbons (Fsp3) is 0.214. The average Bonchev–Trinajstić information content (AvgIpc) is 2.41. The van der Waals surface area contributed by atoms with Crippen molar-refractivity contribution in [3.05, 3.63) is 52.4 Å². The Hall–Kier alpha value is -2.43. The molecule has 0 aliphatic rings. The van der Waals surface area contributed by atoms with Gasteiger partial charge in [0.25, 0.3) is 5.56 Å². The fourth-order valence-corrected chi connectivity index (χ4v) is 1.90. The number of carbonyl (C=O) groups is 1. The molecule has 0 fully saturated rings. The van der Waals surface area contributed by atoms with Gasteiger partial charge in [0.1, 0.15) is 5.56 Å². The molecular weight excluding hydrogens is 244 g/mol. The topological polar surface area (TPSA) is 72.2 Å². The van der Waals surface area contributed by atoms with Gasteiger partial charge in [0.15, 0.2) is 0 Å². The molecule has 0 radical (unpaired) electrons. The van der Waals surface area contributed by atoms with Crippen molar-refractivity contribution >= 4 is 5.97 Å². The van der Waals surface area contributed by atoms with Crippen LogP contribution >= 0.6 is 0 Å². The molecule has 1 aromatic heterocycles. The Labute approximate surface area is 110 Å². The van der Waals surface area contributed by atoms with Gasteiger partial charge < -0.3 is 5.11 Å². The zero-order valence-corrected chi connectivity index (χ0v) is 10.5. The van der Waals surface area contributed by atoms with E-state index in [-0.39, 0.29) is 5.56 Å². The van der Waals surface area contributed by atoms with E-state index in [4.69, 9.17) is 0 Å². The molecule has 0 aliphatic carbocycles. The molecule has 0 saturated carbocycles. The number of nitrogens with zero attached hydrogens (tertiary/aromatic N) is 2. The van der Waals surface area contributed by atoms with E-state index in [0.717, 1.165) is 6.42 Å². The first-order chi connectivity index (χ1) is 9.15. The summed E-state index contributed by atoms with van der Waals surface area (Å²) in [5.74, 6) is -1.23. The van der Waals surface area contributed by atoms with E-state index >= 15 is 0 Å². The number of benzene rings is 1. The maximum Gasteiger partial charge on any atom is 0.342 e. The Balaban J connectivity index is 2.66. The number of aryl methyl sites for hydroxylation is 1. The highest BCUT2D eigenvalue weighted by molar-refractivity contribution is 5.95. The van der Waals surface area contributed by atoms with Gasteiger partial charge in [-0.2, -0.15) is 5.10 Å². The molecule has 0 spiro atoms. The largest absolute Gasteiger partial charge is 0.477 e. The zero-order valence-electron chi connectivity index (χ0n) is 10.5. The van der Waals surface area contributed by atoms with Crippen molar-refractivity contribution in [3.8, 4) is 11.1 Å². The summed E-state index contributed by atoms with van der Waals surface area (Å²) in [5.41, 5.74) is 0.240. The minimum atomic E-state index is -1.23. The van der Waals surface area contributed by atoms with E-state index in [0.29, 0.717) is 17.7 Å². The van der Waals surface area contributed by atoms with Gasteiger partial charge in [-0.3, -0.25) is 4.79 Å². The second-order valence-electron chi connectivity index (χ2n) is 4.13. The van der Waals surface area contributed by atoms with Crippen LogP contribution in [0.2, 0.25) is 0 Å². The first-order valence-electron chi connectivity index (χ1n) is 6.04. The van der Waals surface area contributed by atoms with Crippen molar-refractivity contribution in [2.24, 2.45) is 0 Å². The molecule has 98 valence electrons. The van der Waals surface area contributed by atoms with Crippen molar-refractivity contribution in [3.63, 3.8) is 0 Å². The normalized spacial score (nSPS) is 10.4. The van der Waals surface area contributed by atoms with E-state index in [1.54, 1.807) is 24.3 Å². The fourth-order valence-electron chi connectivity index (χ4n) is 1.90. The summed E-state index contributed by atoms with van der Waals surface area (Å²) in [6.45, 7) is 2.31. The quantitative estimate of drug-likeness (QED) is 0.910. The van der Waals surface area contributed by atoms with E-state index < -0.39 is 11.5 Å². The third-order valence-electron chi connectivity index (χ3n) is 2.78. The standard InChI is InChI=1S/C14H14N2O3/c1-2-8-16-13(17)12(14(18)19)11(9-15-16)10-6-4-3-5-7-10/h3-7,9H,2,8H2,1H3,(H,18,19). The summed E-state index contributed by atoms with van der Waals surface area (Å²) in [5, 5.41) is 13.3. The molecule has 5 nitrogen and oxygen atoms in total. The van der Waals surface area contributed by atoms with Gasteiger partial charge in [0, 0.05) is 12.1 Å². The lowest BCUT2D eigenvalue weighted by Crippen LogP contribution is -2.29. The molecule has 0 unspecified atom stereocenters. The highest BCUT2D eigenvalue weighted by atomic mass is 16.4. The summed E-state index contributed by atoms with van der Waals surface area (Å²) in [6.07, 6.45) is 2.16. The number of carboxylic acids is 1. The number of hydrogen-bond acceptors (Lipinski definition) is 3. The Morgan fingerprint density at radius 1 is 1.32 bits per heavy atom. The van der Waals surface area contributed by atoms with Gasteiger partial charge in [-0.25, -0.2) is 9.48 Å². The van der Waals surface area contributed by atoms with Crippen LogP contribution in [0, 0.1) is 0 Å². The van der Waals surface area contributed by atoms with Crippen LogP contribution in [0.1, 0.15) is 23.7 Å². The van der Waals surface area contributed by atoms with Crippen molar-refractivity contribution in [2.45, 2.75) is 19.9 Å². The first kappa shape index (κ1) is 13.0. The molecule has 2 rings (SSSR count).